The fraction of sp³-hybridized carbons (Fsp3) is 0.462. The molecule has 5 N–H and O–H groups in total. The largest absolute Gasteiger partial charge is 0.478 e. The molecule has 21 heavy (non-hydrogen) atoms. The normalized spacial score (nSPS) is 8.05. The molecular weight excluding hydrogens is 282 g/mol. The number of aliphatic hydroxyl groups is 1. The third-order valence-electron chi connectivity index (χ3n) is 1.65. The Balaban J connectivity index is -0.000000270. The van der Waals surface area contributed by atoms with E-state index < -0.39 is 18.0 Å². The topological polar surface area (TPSA) is 147 Å². The van der Waals surface area contributed by atoms with Crippen LogP contribution in [0.25, 0.3) is 0 Å². The molecule has 8 nitrogen and oxygen atoms in total. The number of nitrogens with two attached hydrogens (primary N) is 1. The second-order valence-electron chi connectivity index (χ2n) is 3.39. The Morgan fingerprint density at radius 2 is 1.33 bits per heavy atom. The van der Waals surface area contributed by atoms with Gasteiger partial charge in [-0.1, -0.05) is 19.6 Å². The van der Waals surface area contributed by atoms with Gasteiger partial charge in [0.25, 0.3) is 0 Å². The zero-order valence-corrected chi connectivity index (χ0v) is 11.9. The molecule has 0 radical (unpaired) electrons. The van der Waals surface area contributed by atoms with E-state index >= 15 is 0 Å². The van der Waals surface area contributed by atoms with Crippen molar-refractivity contribution in [2.75, 3.05) is 13.2 Å². The van der Waals surface area contributed by atoms with Gasteiger partial charge in [0.05, 0.1) is 6.61 Å². The third-order valence-corrected chi connectivity index (χ3v) is 1.65. The van der Waals surface area contributed by atoms with Crippen LogP contribution in [0, 0.1) is 0 Å². The number of carboxylic acid groups (broad SMARTS) is 2. The SMILES string of the molecule is C=CC(=O)O.C=CC(=O)O.NC(=O)OCCCCCCO. The summed E-state index contributed by atoms with van der Waals surface area (Å²) in [6, 6.07) is 0. The molecule has 0 aliphatic heterocycles. The van der Waals surface area contributed by atoms with Crippen LogP contribution in [-0.4, -0.2) is 46.6 Å². The lowest BCUT2D eigenvalue weighted by Gasteiger charge is -1.99. The number of unbranched alkanes of at least 4 members (excludes halogenated alkanes) is 3. The number of carboxylic acids is 2. The summed E-state index contributed by atoms with van der Waals surface area (Å²) in [5.74, 6) is -1.96. The summed E-state index contributed by atoms with van der Waals surface area (Å²) in [7, 11) is 0. The smallest absolute Gasteiger partial charge is 0.404 e. The first-order valence-electron chi connectivity index (χ1n) is 6.05. The highest BCUT2D eigenvalue weighted by atomic mass is 16.5. The van der Waals surface area contributed by atoms with Gasteiger partial charge in [0.1, 0.15) is 0 Å². The van der Waals surface area contributed by atoms with Crippen LogP contribution in [0.5, 0.6) is 0 Å². The fourth-order valence-electron chi connectivity index (χ4n) is 0.740. The van der Waals surface area contributed by atoms with Crippen molar-refractivity contribution in [2.24, 2.45) is 5.73 Å². The second kappa shape index (κ2) is 20.0. The minimum absolute atomic E-state index is 0.233. The minimum Gasteiger partial charge on any atom is -0.478 e. The number of aliphatic hydroxyl groups excluding tert-OH is 1. The summed E-state index contributed by atoms with van der Waals surface area (Å²) >= 11 is 0. The van der Waals surface area contributed by atoms with Crippen molar-refractivity contribution in [3.63, 3.8) is 0 Å². The van der Waals surface area contributed by atoms with Gasteiger partial charge in [-0.2, -0.15) is 0 Å². The zero-order valence-electron chi connectivity index (χ0n) is 11.9. The highest BCUT2D eigenvalue weighted by molar-refractivity contribution is 5.79. The van der Waals surface area contributed by atoms with Crippen LogP contribution in [0.15, 0.2) is 25.3 Å². The summed E-state index contributed by atoms with van der Waals surface area (Å²) in [6.45, 7) is 6.54. The Hall–Kier alpha value is -2.35. The molecule has 1 amide bonds. The number of carbonyl (C=O) groups is 3. The molecule has 0 heterocycles. The van der Waals surface area contributed by atoms with Crippen molar-refractivity contribution in [1.82, 2.24) is 0 Å². The Morgan fingerprint density at radius 3 is 1.62 bits per heavy atom. The number of rotatable bonds is 8. The van der Waals surface area contributed by atoms with Crippen molar-refractivity contribution >= 4 is 18.0 Å². The molecule has 0 aromatic carbocycles. The number of ether oxygens (including phenoxy) is 1. The van der Waals surface area contributed by atoms with Gasteiger partial charge < -0.3 is 25.8 Å². The first-order chi connectivity index (χ1) is 9.81. The number of aliphatic carboxylic acids is 2. The summed E-state index contributed by atoms with van der Waals surface area (Å²) in [4.78, 5) is 28.5. The molecule has 0 aliphatic carbocycles. The fourth-order valence-corrected chi connectivity index (χ4v) is 0.740. The average molecular weight is 305 g/mol. The van der Waals surface area contributed by atoms with E-state index in [-0.39, 0.29) is 6.61 Å². The van der Waals surface area contributed by atoms with Gasteiger partial charge in [0.2, 0.25) is 0 Å². The van der Waals surface area contributed by atoms with Crippen LogP contribution < -0.4 is 5.73 Å². The predicted octanol–water partition coefficient (Wildman–Crippen LogP) is 1.15. The van der Waals surface area contributed by atoms with Crippen LogP contribution in [0.1, 0.15) is 25.7 Å². The highest BCUT2D eigenvalue weighted by Gasteiger charge is 1.92. The van der Waals surface area contributed by atoms with Gasteiger partial charge in [-0.25, -0.2) is 14.4 Å². The van der Waals surface area contributed by atoms with Crippen LogP contribution >= 0.6 is 0 Å². The second-order valence-corrected chi connectivity index (χ2v) is 3.39. The third kappa shape index (κ3) is 46.4. The maximum atomic E-state index is 10.0. The monoisotopic (exact) mass is 305 g/mol. The van der Waals surface area contributed by atoms with E-state index in [4.69, 9.17) is 21.1 Å². The zero-order chi connectivity index (χ0) is 17.1. The molecule has 0 spiro atoms. The molecule has 8 heteroatoms. The van der Waals surface area contributed by atoms with Gasteiger partial charge in [-0.05, 0) is 19.3 Å². The average Bonchev–Trinajstić information content (AvgIpc) is 2.43. The van der Waals surface area contributed by atoms with Gasteiger partial charge in [0, 0.05) is 18.8 Å². The van der Waals surface area contributed by atoms with E-state index in [0.29, 0.717) is 6.61 Å². The van der Waals surface area contributed by atoms with E-state index in [1.54, 1.807) is 0 Å². The van der Waals surface area contributed by atoms with Crippen molar-refractivity contribution in [1.29, 1.82) is 0 Å². The lowest BCUT2D eigenvalue weighted by Crippen LogP contribution is -2.13. The van der Waals surface area contributed by atoms with Gasteiger partial charge >= 0.3 is 18.0 Å². The molecule has 122 valence electrons. The number of hydrogen-bond donors (Lipinski definition) is 4. The van der Waals surface area contributed by atoms with E-state index in [0.717, 1.165) is 37.8 Å². The Kier molecular flexibility index (Phi) is 22.6. The summed E-state index contributed by atoms with van der Waals surface area (Å²) < 4.78 is 4.50. The molecule has 0 bridgehead atoms. The molecule has 0 aromatic heterocycles. The first-order valence-corrected chi connectivity index (χ1v) is 6.05. The highest BCUT2D eigenvalue weighted by Crippen LogP contribution is 1.98. The van der Waals surface area contributed by atoms with Gasteiger partial charge in [-0.15, -0.1) is 0 Å². The van der Waals surface area contributed by atoms with Gasteiger partial charge in [0.15, 0.2) is 0 Å². The Bertz CT molecular complexity index is 298. The molecule has 0 saturated carbocycles. The maximum Gasteiger partial charge on any atom is 0.404 e. The van der Waals surface area contributed by atoms with E-state index in [2.05, 4.69) is 17.9 Å². The molecule has 0 saturated heterocycles. The summed E-state index contributed by atoms with van der Waals surface area (Å²) in [6.07, 6.45) is 4.53. The van der Waals surface area contributed by atoms with Crippen LogP contribution in [0.3, 0.4) is 0 Å². The van der Waals surface area contributed by atoms with E-state index in [9.17, 15) is 14.4 Å². The molecule has 0 rings (SSSR count). The number of hydrogen-bond acceptors (Lipinski definition) is 5. The van der Waals surface area contributed by atoms with Crippen LogP contribution in [-0.2, 0) is 14.3 Å². The summed E-state index contributed by atoms with van der Waals surface area (Å²) in [5.41, 5.74) is 4.73. The Labute approximate surface area is 123 Å². The standard InChI is InChI=1S/C7H15NO3.2C3H4O2/c8-7(10)11-6-4-2-1-3-5-9;2*1-2-3(4)5/h9H,1-6H2,(H2,8,10);2*2H,1H2,(H,4,5). The molecule has 0 atom stereocenters. The van der Waals surface area contributed by atoms with Gasteiger partial charge in [-0.3, -0.25) is 0 Å². The van der Waals surface area contributed by atoms with Crippen molar-refractivity contribution < 1.29 is 34.4 Å². The predicted molar refractivity (Wildman–Crippen MR) is 76.8 cm³/mol. The van der Waals surface area contributed by atoms with Crippen molar-refractivity contribution in [3.8, 4) is 0 Å². The van der Waals surface area contributed by atoms with Crippen LogP contribution in [0.4, 0.5) is 4.79 Å². The van der Waals surface area contributed by atoms with E-state index in [1.165, 1.54) is 0 Å². The maximum absolute atomic E-state index is 10.0. The van der Waals surface area contributed by atoms with Crippen molar-refractivity contribution in [2.45, 2.75) is 25.7 Å². The number of primary amides is 1. The molecular formula is C13H23NO7. The molecule has 0 aromatic rings. The van der Waals surface area contributed by atoms with Crippen LogP contribution in [0.2, 0.25) is 0 Å². The molecule has 0 unspecified atom stereocenters. The lowest BCUT2D eigenvalue weighted by molar-refractivity contribution is -0.132. The summed E-state index contributed by atoms with van der Waals surface area (Å²) in [5, 5.41) is 23.6. The van der Waals surface area contributed by atoms with Crippen molar-refractivity contribution in [3.05, 3.63) is 25.3 Å². The lowest BCUT2D eigenvalue weighted by atomic mass is 10.2. The van der Waals surface area contributed by atoms with E-state index in [1.807, 2.05) is 0 Å². The first kappa shape index (κ1) is 23.7. The minimum atomic E-state index is -0.981. The Morgan fingerprint density at radius 1 is 0.952 bits per heavy atom. The number of carbonyl (C=O) groups excluding carboxylic acids is 1. The molecule has 0 aliphatic rings. The number of amides is 1. The quantitative estimate of drug-likeness (QED) is 0.388. The molecule has 0 fully saturated rings.